The lowest BCUT2D eigenvalue weighted by Gasteiger charge is -2.42. The first-order chi connectivity index (χ1) is 28.2. The quantitative estimate of drug-likeness (QED) is 0.0918. The Morgan fingerprint density at radius 2 is 1.18 bits per heavy atom. The Balaban J connectivity index is 1.18. The van der Waals surface area contributed by atoms with Gasteiger partial charge in [-0.05, 0) is 51.4 Å². The first-order valence-corrected chi connectivity index (χ1v) is 20.4. The van der Waals surface area contributed by atoms with Crippen LogP contribution in [0.2, 0.25) is 0 Å². The van der Waals surface area contributed by atoms with Crippen molar-refractivity contribution in [2.75, 3.05) is 13.7 Å². The highest BCUT2D eigenvalue weighted by Crippen LogP contribution is 2.44. The number of methoxy groups -OCH3 is 1. The summed E-state index contributed by atoms with van der Waals surface area (Å²) >= 11 is 1.80. The average molecular weight is 777 g/mol. The highest BCUT2D eigenvalue weighted by molar-refractivity contribution is 7.19. The number of hydrogen-bond donors (Lipinski definition) is 0. The molecule has 1 aliphatic heterocycles. The minimum atomic E-state index is -0.550. The number of fused-ring (bicyclic) bond motifs is 1. The predicted molar refractivity (Wildman–Crippen MR) is 227 cm³/mol. The molecule has 0 radical (unpaired) electrons. The van der Waals surface area contributed by atoms with Crippen molar-refractivity contribution in [1.29, 1.82) is 0 Å². The van der Waals surface area contributed by atoms with Crippen LogP contribution < -0.4 is 9.47 Å². The topological polar surface area (TPSA) is 55.4 Å². The minimum Gasteiger partial charge on any atom is -0.496 e. The second-order valence-corrected chi connectivity index (χ2v) is 15.6. The van der Waals surface area contributed by atoms with Gasteiger partial charge < -0.3 is 28.4 Å². The van der Waals surface area contributed by atoms with Gasteiger partial charge in [0, 0.05) is 34.0 Å². The molecule has 7 aromatic rings. The molecule has 8 rings (SSSR count). The van der Waals surface area contributed by atoms with Gasteiger partial charge in [0.25, 0.3) is 0 Å². The monoisotopic (exact) mass is 776 g/mol. The zero-order chi connectivity index (χ0) is 38.7. The van der Waals surface area contributed by atoms with Gasteiger partial charge in [0.1, 0.15) is 30.3 Å². The van der Waals surface area contributed by atoms with Crippen molar-refractivity contribution in [3.63, 3.8) is 0 Å². The molecule has 7 heteroatoms. The summed E-state index contributed by atoms with van der Waals surface area (Å²) in [6, 6.07) is 56.0. The Morgan fingerprint density at radius 1 is 0.596 bits per heavy atom. The van der Waals surface area contributed by atoms with Crippen molar-refractivity contribution in [1.82, 2.24) is 0 Å². The van der Waals surface area contributed by atoms with Gasteiger partial charge in [-0.2, -0.15) is 0 Å². The van der Waals surface area contributed by atoms with Crippen LogP contribution in [-0.2, 0) is 51.8 Å². The SMILES string of the molecule is COc1cc(OCc2ccccc2)c(C2OC(COCc3ccccc3)CC(OCc3ccccc3)C2OCc2ccccc2)cc1Cc1cc2ccccc2s1. The van der Waals surface area contributed by atoms with Crippen LogP contribution in [-0.4, -0.2) is 32.0 Å². The van der Waals surface area contributed by atoms with Crippen LogP contribution >= 0.6 is 11.3 Å². The van der Waals surface area contributed by atoms with Gasteiger partial charge in [-0.1, -0.05) is 140 Å². The molecule has 0 saturated carbocycles. The highest BCUT2D eigenvalue weighted by atomic mass is 32.1. The summed E-state index contributed by atoms with van der Waals surface area (Å²) in [4.78, 5) is 1.25. The second-order valence-electron chi connectivity index (χ2n) is 14.4. The third-order valence-corrected chi connectivity index (χ3v) is 11.4. The Hall–Kier alpha value is -5.28. The molecule has 290 valence electrons. The molecule has 0 aliphatic carbocycles. The normalized spacial score (nSPS) is 18.1. The largest absolute Gasteiger partial charge is 0.496 e. The van der Waals surface area contributed by atoms with E-state index in [2.05, 4.69) is 84.9 Å². The molecule has 1 saturated heterocycles. The molecule has 2 heterocycles. The summed E-state index contributed by atoms with van der Waals surface area (Å²) in [6.45, 7) is 2.11. The second kappa shape index (κ2) is 19.2. The zero-order valence-electron chi connectivity index (χ0n) is 32.2. The fourth-order valence-corrected chi connectivity index (χ4v) is 8.51. The van der Waals surface area contributed by atoms with Gasteiger partial charge in [0.15, 0.2) is 0 Å². The van der Waals surface area contributed by atoms with E-state index in [1.165, 1.54) is 15.0 Å². The van der Waals surface area contributed by atoms with E-state index in [9.17, 15) is 0 Å². The fraction of sp³-hybridized carbons (Fsp3) is 0.240. The number of ether oxygens (including phenoxy) is 6. The zero-order valence-corrected chi connectivity index (χ0v) is 33.0. The minimum absolute atomic E-state index is 0.272. The van der Waals surface area contributed by atoms with Crippen molar-refractivity contribution in [2.45, 2.75) is 63.7 Å². The van der Waals surface area contributed by atoms with Gasteiger partial charge in [-0.15, -0.1) is 11.3 Å². The summed E-state index contributed by atoms with van der Waals surface area (Å²) < 4.78 is 41.4. The summed E-state index contributed by atoms with van der Waals surface area (Å²) in [5, 5.41) is 1.24. The molecule has 0 bridgehead atoms. The number of hydrogen-bond acceptors (Lipinski definition) is 7. The molecule has 0 spiro atoms. The van der Waals surface area contributed by atoms with E-state index in [-0.39, 0.29) is 12.2 Å². The van der Waals surface area contributed by atoms with Crippen LogP contribution in [0.5, 0.6) is 11.5 Å². The van der Waals surface area contributed by atoms with Crippen LogP contribution in [0.25, 0.3) is 10.1 Å². The summed E-state index contributed by atoms with van der Waals surface area (Å²) in [6.07, 6.45) is -0.314. The lowest BCUT2D eigenvalue weighted by molar-refractivity contribution is -0.219. The summed E-state index contributed by atoms with van der Waals surface area (Å²) in [5.74, 6) is 1.44. The van der Waals surface area contributed by atoms with E-state index in [0.29, 0.717) is 51.6 Å². The van der Waals surface area contributed by atoms with Crippen molar-refractivity contribution in [2.24, 2.45) is 0 Å². The molecule has 4 unspecified atom stereocenters. The lowest BCUT2D eigenvalue weighted by Crippen LogP contribution is -2.47. The Bertz CT molecular complexity index is 2250. The fourth-order valence-electron chi connectivity index (χ4n) is 7.42. The lowest BCUT2D eigenvalue weighted by atomic mass is 9.90. The highest BCUT2D eigenvalue weighted by Gasteiger charge is 2.43. The van der Waals surface area contributed by atoms with Crippen LogP contribution in [0.15, 0.2) is 164 Å². The molecule has 6 nitrogen and oxygen atoms in total. The first kappa shape index (κ1) is 38.6. The van der Waals surface area contributed by atoms with Crippen LogP contribution in [0, 0.1) is 0 Å². The molecule has 6 aromatic carbocycles. The van der Waals surface area contributed by atoms with Gasteiger partial charge in [0.2, 0.25) is 0 Å². The van der Waals surface area contributed by atoms with E-state index < -0.39 is 12.2 Å². The maximum atomic E-state index is 7.17. The molecule has 1 fully saturated rings. The van der Waals surface area contributed by atoms with Crippen molar-refractivity contribution < 1.29 is 28.4 Å². The Labute approximate surface area is 339 Å². The molecule has 4 atom stereocenters. The van der Waals surface area contributed by atoms with E-state index in [0.717, 1.165) is 39.1 Å². The number of benzene rings is 6. The molecule has 0 N–H and O–H groups in total. The maximum absolute atomic E-state index is 7.17. The van der Waals surface area contributed by atoms with Crippen LogP contribution in [0.3, 0.4) is 0 Å². The smallest absolute Gasteiger partial charge is 0.129 e. The summed E-state index contributed by atoms with van der Waals surface area (Å²) in [5.41, 5.74) is 6.29. The molecule has 57 heavy (non-hydrogen) atoms. The average Bonchev–Trinajstić information content (AvgIpc) is 3.68. The van der Waals surface area contributed by atoms with Crippen LogP contribution in [0.4, 0.5) is 0 Å². The van der Waals surface area contributed by atoms with Gasteiger partial charge >= 0.3 is 0 Å². The third kappa shape index (κ3) is 10.2. The molecule has 1 aliphatic rings. The van der Waals surface area contributed by atoms with Crippen LogP contribution in [0.1, 0.15) is 50.8 Å². The molecule has 1 aromatic heterocycles. The van der Waals surface area contributed by atoms with E-state index >= 15 is 0 Å². The third-order valence-electron chi connectivity index (χ3n) is 10.3. The number of rotatable bonds is 17. The summed E-state index contributed by atoms with van der Waals surface area (Å²) in [7, 11) is 1.72. The van der Waals surface area contributed by atoms with E-state index in [1.54, 1.807) is 18.4 Å². The Kier molecular flexibility index (Phi) is 13.0. The molecular weight excluding hydrogens is 729 g/mol. The molecule has 0 amide bonds. The van der Waals surface area contributed by atoms with Gasteiger partial charge in [-0.25, -0.2) is 0 Å². The van der Waals surface area contributed by atoms with E-state index in [4.69, 9.17) is 28.4 Å². The van der Waals surface area contributed by atoms with Crippen molar-refractivity contribution >= 4 is 21.4 Å². The Morgan fingerprint density at radius 3 is 1.81 bits per heavy atom. The maximum Gasteiger partial charge on any atom is 0.129 e. The number of thiophene rings is 1. The first-order valence-electron chi connectivity index (χ1n) is 19.6. The van der Waals surface area contributed by atoms with Crippen molar-refractivity contribution in [3.05, 3.63) is 202 Å². The van der Waals surface area contributed by atoms with Gasteiger partial charge in [-0.3, -0.25) is 0 Å². The molecular formula is C50H48O6S. The standard InChI is InChI=1S/C50H48O6S/c1-51-45-30-46(53-32-37-18-8-3-9-19-37)44(28-41(45)27-43-26-40-24-14-15-25-48(40)57-43)49-50(55-34-39-22-12-5-13-23-39)47(54-33-38-20-10-4-11-21-38)29-42(56-49)35-52-31-36-16-6-2-7-17-36/h2-26,28,30,42,47,49-50H,27,29,31-35H2,1H3. The van der Waals surface area contributed by atoms with E-state index in [1.807, 2.05) is 78.9 Å². The van der Waals surface area contributed by atoms with Crippen molar-refractivity contribution in [3.8, 4) is 11.5 Å². The van der Waals surface area contributed by atoms with Gasteiger partial charge in [0.05, 0.1) is 45.7 Å². The predicted octanol–water partition coefficient (Wildman–Crippen LogP) is 11.3.